The van der Waals surface area contributed by atoms with Crippen LogP contribution in [0, 0.1) is 5.82 Å². The van der Waals surface area contributed by atoms with Gasteiger partial charge < -0.3 is 10.1 Å². The molecule has 0 saturated heterocycles. The summed E-state index contributed by atoms with van der Waals surface area (Å²) in [5.41, 5.74) is 4.81. The first-order valence-corrected chi connectivity index (χ1v) is 11.3. The Morgan fingerprint density at radius 1 is 1.06 bits per heavy atom. The summed E-state index contributed by atoms with van der Waals surface area (Å²) in [5.74, 6) is -0.361. The maximum atomic E-state index is 13.9. The van der Waals surface area contributed by atoms with Crippen LogP contribution in [0.4, 0.5) is 23.2 Å². The van der Waals surface area contributed by atoms with E-state index >= 15 is 0 Å². The Balaban J connectivity index is 1.36. The molecule has 0 amide bonds. The number of rotatable bonds is 6. The molecule has 0 saturated carbocycles. The molecule has 0 unspecified atom stereocenters. The molecule has 0 spiro atoms. The van der Waals surface area contributed by atoms with Gasteiger partial charge >= 0.3 is 6.36 Å². The number of aromatic nitrogens is 3. The number of halogens is 5. The lowest BCUT2D eigenvalue weighted by Gasteiger charge is -2.09. The number of hydrogen-bond donors (Lipinski definition) is 2. The third-order valence-corrected chi connectivity index (χ3v) is 5.43. The number of nitrogens with one attached hydrogen (secondary N) is 2. The molecule has 7 nitrogen and oxygen atoms in total. The number of benzene rings is 3. The predicted molar refractivity (Wildman–Crippen MR) is 135 cm³/mol. The third-order valence-electron chi connectivity index (χ3n) is 4.58. The van der Waals surface area contributed by atoms with E-state index in [4.69, 9.17) is 12.2 Å². The highest BCUT2D eigenvalue weighted by Gasteiger charge is 2.31. The van der Waals surface area contributed by atoms with Gasteiger partial charge in [0, 0.05) is 10.0 Å². The lowest BCUT2D eigenvalue weighted by Crippen LogP contribution is -2.24. The van der Waals surface area contributed by atoms with Crippen LogP contribution in [0.15, 0.2) is 82.6 Å². The van der Waals surface area contributed by atoms with E-state index in [1.54, 1.807) is 36.4 Å². The number of hydrazone groups is 1. The number of hydrogen-bond acceptors (Lipinski definition) is 5. The van der Waals surface area contributed by atoms with Crippen LogP contribution < -0.4 is 15.5 Å². The first kappa shape index (κ1) is 25.3. The fourth-order valence-corrected chi connectivity index (χ4v) is 3.56. The summed E-state index contributed by atoms with van der Waals surface area (Å²) in [7, 11) is 0. The Hall–Kier alpha value is -3.84. The second-order valence-electron chi connectivity index (χ2n) is 7.10. The molecule has 0 fully saturated rings. The molecule has 0 aliphatic heterocycles. The van der Waals surface area contributed by atoms with Crippen molar-refractivity contribution in [1.29, 1.82) is 0 Å². The Morgan fingerprint density at radius 3 is 2.44 bits per heavy atom. The summed E-state index contributed by atoms with van der Waals surface area (Å²) in [6.45, 7) is 0. The van der Waals surface area contributed by atoms with Gasteiger partial charge in [-0.25, -0.2) is 14.1 Å². The molecule has 13 heteroatoms. The highest BCUT2D eigenvalue weighted by atomic mass is 79.9. The predicted octanol–water partition coefficient (Wildman–Crippen LogP) is 6.06. The van der Waals surface area contributed by atoms with Crippen molar-refractivity contribution in [3.63, 3.8) is 0 Å². The zero-order valence-electron chi connectivity index (χ0n) is 18.0. The molecule has 1 aromatic heterocycles. The summed E-state index contributed by atoms with van der Waals surface area (Å²) in [6, 6.07) is 17.0. The molecule has 0 bridgehead atoms. The quantitative estimate of drug-likeness (QED) is 0.125. The van der Waals surface area contributed by atoms with Crippen molar-refractivity contribution >= 4 is 45.2 Å². The Labute approximate surface area is 215 Å². The second-order valence-corrected chi connectivity index (χ2v) is 8.36. The molecule has 1 heterocycles. The van der Waals surface area contributed by atoms with Gasteiger partial charge in [0.15, 0.2) is 10.9 Å². The van der Waals surface area contributed by atoms with Crippen LogP contribution in [0.1, 0.15) is 5.56 Å². The molecule has 2 N–H and O–H groups in total. The van der Waals surface area contributed by atoms with E-state index in [9.17, 15) is 17.6 Å². The van der Waals surface area contributed by atoms with E-state index in [0.717, 1.165) is 11.1 Å². The number of alkyl halides is 3. The zero-order valence-corrected chi connectivity index (χ0v) is 20.4. The minimum absolute atomic E-state index is 0.112. The highest BCUT2D eigenvalue weighted by Crippen LogP contribution is 2.25. The van der Waals surface area contributed by atoms with Crippen LogP contribution in [-0.2, 0) is 0 Å². The summed E-state index contributed by atoms with van der Waals surface area (Å²) < 4.78 is 56.6. The summed E-state index contributed by atoms with van der Waals surface area (Å²) >= 11 is 8.38. The minimum Gasteiger partial charge on any atom is -0.406 e. The molecular formula is C23H15BrF4N6OS. The molecule has 184 valence electrons. The van der Waals surface area contributed by atoms with Gasteiger partial charge in [-0.05, 0) is 70.1 Å². The number of anilines is 1. The number of para-hydroxylation sites is 1. The lowest BCUT2D eigenvalue weighted by atomic mass is 10.1. The maximum absolute atomic E-state index is 13.9. The van der Waals surface area contributed by atoms with Crippen LogP contribution >= 0.6 is 28.1 Å². The Morgan fingerprint density at radius 2 is 1.78 bits per heavy atom. The van der Waals surface area contributed by atoms with E-state index < -0.39 is 12.2 Å². The zero-order chi connectivity index (χ0) is 25.7. The molecule has 0 aliphatic rings. The lowest BCUT2D eigenvalue weighted by molar-refractivity contribution is -0.274. The monoisotopic (exact) mass is 578 g/mol. The van der Waals surface area contributed by atoms with Gasteiger partial charge in [-0.3, -0.25) is 5.43 Å². The Kier molecular flexibility index (Phi) is 7.60. The Bertz CT molecular complexity index is 1370. The number of thiocarbonyl (C=S) groups is 1. The van der Waals surface area contributed by atoms with Gasteiger partial charge in [0.1, 0.15) is 17.9 Å². The van der Waals surface area contributed by atoms with Crippen molar-refractivity contribution in [2.75, 3.05) is 5.32 Å². The van der Waals surface area contributed by atoms with Gasteiger partial charge in [-0.15, -0.1) is 18.3 Å². The van der Waals surface area contributed by atoms with Crippen LogP contribution in [-0.4, -0.2) is 32.5 Å². The molecule has 36 heavy (non-hydrogen) atoms. The SMILES string of the molecule is Fc1cccc(Br)c1NC(=S)NN=Cc1ccc(-c2ncn(-c3ccc(OC(F)(F)F)cc3)n2)cc1. The van der Waals surface area contributed by atoms with Gasteiger partial charge in [0.25, 0.3) is 0 Å². The molecule has 4 rings (SSSR count). The number of nitrogens with zero attached hydrogens (tertiary/aromatic N) is 4. The van der Waals surface area contributed by atoms with Crippen LogP contribution in [0.3, 0.4) is 0 Å². The van der Waals surface area contributed by atoms with Gasteiger partial charge in [-0.1, -0.05) is 30.3 Å². The fraction of sp³-hybridized carbons (Fsp3) is 0.0435. The van der Waals surface area contributed by atoms with E-state index in [-0.39, 0.29) is 16.5 Å². The molecular weight excluding hydrogens is 564 g/mol. The normalized spacial score (nSPS) is 11.5. The maximum Gasteiger partial charge on any atom is 0.573 e. The largest absolute Gasteiger partial charge is 0.573 e. The molecule has 0 atom stereocenters. The summed E-state index contributed by atoms with van der Waals surface area (Å²) in [6.07, 6.45) is -1.77. The first-order valence-electron chi connectivity index (χ1n) is 10.1. The van der Waals surface area contributed by atoms with E-state index in [0.29, 0.717) is 16.0 Å². The van der Waals surface area contributed by atoms with E-state index in [1.807, 2.05) is 0 Å². The second kappa shape index (κ2) is 10.8. The smallest absolute Gasteiger partial charge is 0.406 e. The topological polar surface area (TPSA) is 76.4 Å². The first-order chi connectivity index (χ1) is 17.2. The van der Waals surface area contributed by atoms with Crippen LogP contribution in [0.25, 0.3) is 17.1 Å². The average molecular weight is 579 g/mol. The fourth-order valence-electron chi connectivity index (χ4n) is 2.96. The molecule has 0 radical (unpaired) electrons. The van der Waals surface area contributed by atoms with E-state index in [2.05, 4.69) is 46.6 Å². The summed E-state index contributed by atoms with van der Waals surface area (Å²) in [4.78, 5) is 4.25. The van der Waals surface area contributed by atoms with Crippen molar-refractivity contribution in [2.45, 2.75) is 6.36 Å². The summed E-state index contributed by atoms with van der Waals surface area (Å²) in [5, 5.41) is 11.2. The molecule has 4 aromatic rings. The third kappa shape index (κ3) is 6.64. The van der Waals surface area contributed by atoms with E-state index in [1.165, 1.54) is 47.6 Å². The van der Waals surface area contributed by atoms with Crippen molar-refractivity contribution in [3.8, 4) is 22.8 Å². The average Bonchev–Trinajstić information content (AvgIpc) is 3.32. The van der Waals surface area contributed by atoms with Crippen molar-refractivity contribution in [1.82, 2.24) is 20.2 Å². The van der Waals surface area contributed by atoms with Crippen molar-refractivity contribution in [3.05, 3.63) is 88.9 Å². The van der Waals surface area contributed by atoms with Gasteiger partial charge in [-0.2, -0.15) is 5.10 Å². The van der Waals surface area contributed by atoms with Crippen molar-refractivity contribution < 1.29 is 22.3 Å². The molecule has 0 aliphatic carbocycles. The standard InChI is InChI=1S/C23H15BrF4N6OS/c24-18-2-1-3-19(25)20(18)31-22(36)32-30-12-14-4-6-15(7-5-14)21-29-13-34(33-21)16-8-10-17(11-9-16)35-23(26,27)28/h1-13H,(H2,31,32,36). The minimum atomic E-state index is -4.75. The van der Waals surface area contributed by atoms with Crippen LogP contribution in [0.5, 0.6) is 5.75 Å². The van der Waals surface area contributed by atoms with Gasteiger partial charge in [0.05, 0.1) is 17.6 Å². The van der Waals surface area contributed by atoms with Crippen LogP contribution in [0.2, 0.25) is 0 Å². The van der Waals surface area contributed by atoms with Crippen molar-refractivity contribution in [2.24, 2.45) is 5.10 Å². The molecule has 3 aromatic carbocycles. The number of ether oxygens (including phenoxy) is 1. The van der Waals surface area contributed by atoms with Gasteiger partial charge in [0.2, 0.25) is 0 Å². The highest BCUT2D eigenvalue weighted by molar-refractivity contribution is 9.10.